The number of hydrogen-bond donors (Lipinski definition) is 1. The van der Waals surface area contributed by atoms with E-state index in [1.807, 2.05) is 0 Å². The second-order valence-corrected chi connectivity index (χ2v) is 7.13. The van der Waals surface area contributed by atoms with E-state index in [-0.39, 0.29) is 24.4 Å². The molecule has 2 aliphatic rings. The fourth-order valence-corrected chi connectivity index (χ4v) is 3.78. The van der Waals surface area contributed by atoms with Gasteiger partial charge in [0.2, 0.25) is 0 Å². The van der Waals surface area contributed by atoms with Crippen molar-refractivity contribution in [2.45, 2.75) is 51.4 Å². The summed E-state index contributed by atoms with van der Waals surface area (Å²) in [5, 5.41) is 11.2. The van der Waals surface area contributed by atoms with Crippen LogP contribution in [0.5, 0.6) is 0 Å². The van der Waals surface area contributed by atoms with E-state index in [1.165, 1.54) is 44.2 Å². The largest absolute Gasteiger partial charge is 0.365 e. The molecule has 1 aromatic heterocycles. The summed E-state index contributed by atoms with van der Waals surface area (Å²) in [5.74, 6) is 0.113. The quantitative estimate of drug-likeness (QED) is 0.912. The Kier molecular flexibility index (Phi) is 4.97. The van der Waals surface area contributed by atoms with Crippen LogP contribution < -0.4 is 5.32 Å². The van der Waals surface area contributed by atoms with Crippen molar-refractivity contribution in [3.8, 4) is 0 Å². The number of nitrogens with zero attached hydrogens (tertiary/aromatic N) is 3. The van der Waals surface area contributed by atoms with Crippen molar-refractivity contribution in [1.82, 2.24) is 20.3 Å². The summed E-state index contributed by atoms with van der Waals surface area (Å²) < 4.78 is 20.7. The fourth-order valence-electron chi connectivity index (χ4n) is 3.78. The van der Waals surface area contributed by atoms with Gasteiger partial charge in [-0.15, -0.1) is 5.10 Å². The molecule has 1 atom stereocenters. The second-order valence-electron chi connectivity index (χ2n) is 7.13. The van der Waals surface area contributed by atoms with Gasteiger partial charge < -0.3 is 10.1 Å². The van der Waals surface area contributed by atoms with Crippen LogP contribution >= 0.6 is 0 Å². The lowest BCUT2D eigenvalue weighted by Crippen LogP contribution is -2.32. The molecule has 0 bridgehead atoms. The zero-order valence-corrected chi connectivity index (χ0v) is 14.7. The van der Waals surface area contributed by atoms with Gasteiger partial charge in [0.05, 0.1) is 18.8 Å². The third kappa shape index (κ3) is 3.62. The second kappa shape index (κ2) is 7.53. The number of halogens is 1. The Labute approximate surface area is 151 Å². The van der Waals surface area contributed by atoms with Crippen molar-refractivity contribution in [3.63, 3.8) is 0 Å². The smallest absolute Gasteiger partial charge is 0.273 e. The number of ether oxygens (including phenoxy) is 1. The molecule has 6 nitrogen and oxygen atoms in total. The number of rotatable bonds is 4. The summed E-state index contributed by atoms with van der Waals surface area (Å²) in [4.78, 5) is 12.5. The number of benzene rings is 1. The molecule has 0 unspecified atom stereocenters. The van der Waals surface area contributed by atoms with Crippen molar-refractivity contribution in [2.75, 3.05) is 6.54 Å². The molecule has 0 spiro atoms. The maximum atomic E-state index is 13.1. The predicted molar refractivity (Wildman–Crippen MR) is 92.9 cm³/mol. The molecule has 2 heterocycles. The summed E-state index contributed by atoms with van der Waals surface area (Å²) in [6.45, 7) is 1.43. The SMILES string of the molecule is O=C(NCC1CCCCC1)c1nnn2c1CO[C@@H](c1ccc(F)cc1)C2. The third-order valence-corrected chi connectivity index (χ3v) is 5.33. The molecular weight excluding hydrogens is 335 g/mol. The van der Waals surface area contributed by atoms with Gasteiger partial charge in [-0.3, -0.25) is 4.79 Å². The summed E-state index contributed by atoms with van der Waals surface area (Å²) in [5.41, 5.74) is 1.93. The predicted octanol–water partition coefficient (Wildman–Crippen LogP) is 3.00. The first-order valence-electron chi connectivity index (χ1n) is 9.28. The Morgan fingerprint density at radius 3 is 2.77 bits per heavy atom. The van der Waals surface area contributed by atoms with Gasteiger partial charge in [-0.1, -0.05) is 36.6 Å². The molecule has 138 valence electrons. The van der Waals surface area contributed by atoms with E-state index in [0.717, 1.165) is 5.56 Å². The number of fused-ring (bicyclic) bond motifs is 1. The van der Waals surface area contributed by atoms with E-state index >= 15 is 0 Å². The molecular formula is C19H23FN4O2. The molecule has 7 heteroatoms. The lowest BCUT2D eigenvalue weighted by molar-refractivity contribution is -0.00180. The van der Waals surface area contributed by atoms with Crippen LogP contribution in [0.4, 0.5) is 4.39 Å². The van der Waals surface area contributed by atoms with E-state index in [2.05, 4.69) is 15.6 Å². The minimum atomic E-state index is -0.275. The van der Waals surface area contributed by atoms with E-state index < -0.39 is 0 Å². The highest BCUT2D eigenvalue weighted by molar-refractivity contribution is 5.93. The lowest BCUT2D eigenvalue weighted by Gasteiger charge is -2.24. The number of hydrogen-bond acceptors (Lipinski definition) is 4. The van der Waals surface area contributed by atoms with Gasteiger partial charge >= 0.3 is 0 Å². The van der Waals surface area contributed by atoms with E-state index in [0.29, 0.717) is 30.4 Å². The van der Waals surface area contributed by atoms with E-state index in [4.69, 9.17) is 4.74 Å². The molecule has 1 fully saturated rings. The van der Waals surface area contributed by atoms with Crippen LogP contribution in [-0.2, 0) is 17.9 Å². The highest BCUT2D eigenvalue weighted by Crippen LogP contribution is 2.27. The van der Waals surface area contributed by atoms with Crippen LogP contribution in [0.1, 0.15) is 60.0 Å². The van der Waals surface area contributed by atoms with Crippen molar-refractivity contribution < 1.29 is 13.9 Å². The van der Waals surface area contributed by atoms with Crippen LogP contribution in [0.25, 0.3) is 0 Å². The van der Waals surface area contributed by atoms with Crippen molar-refractivity contribution in [2.24, 2.45) is 5.92 Å². The highest BCUT2D eigenvalue weighted by atomic mass is 19.1. The van der Waals surface area contributed by atoms with Gasteiger partial charge in [-0.05, 0) is 36.5 Å². The number of amides is 1. The zero-order chi connectivity index (χ0) is 17.9. The summed E-state index contributed by atoms with van der Waals surface area (Å²) in [7, 11) is 0. The molecule has 1 saturated carbocycles. The summed E-state index contributed by atoms with van der Waals surface area (Å²) in [6.07, 6.45) is 5.95. The molecule has 4 rings (SSSR count). The minimum Gasteiger partial charge on any atom is -0.365 e. The number of nitrogens with one attached hydrogen (secondary N) is 1. The average Bonchev–Trinajstić information content (AvgIpc) is 3.11. The van der Waals surface area contributed by atoms with Crippen molar-refractivity contribution in [1.29, 1.82) is 0 Å². The van der Waals surface area contributed by atoms with Crippen LogP contribution in [0.15, 0.2) is 24.3 Å². The van der Waals surface area contributed by atoms with Crippen LogP contribution in [-0.4, -0.2) is 27.4 Å². The maximum absolute atomic E-state index is 13.1. The first-order chi connectivity index (χ1) is 12.7. The van der Waals surface area contributed by atoms with Crippen molar-refractivity contribution in [3.05, 3.63) is 47.0 Å². The van der Waals surface area contributed by atoms with Gasteiger partial charge in [-0.25, -0.2) is 9.07 Å². The van der Waals surface area contributed by atoms with E-state index in [9.17, 15) is 9.18 Å². The van der Waals surface area contributed by atoms with Gasteiger partial charge in [0.25, 0.3) is 5.91 Å². The number of carbonyl (C=O) groups excluding carboxylic acids is 1. The Hall–Kier alpha value is -2.28. The molecule has 0 radical (unpaired) electrons. The topological polar surface area (TPSA) is 69.0 Å². The van der Waals surface area contributed by atoms with Crippen LogP contribution in [0.3, 0.4) is 0 Å². The third-order valence-electron chi connectivity index (χ3n) is 5.33. The molecule has 1 N–H and O–H groups in total. The fraction of sp³-hybridized carbons (Fsp3) is 0.526. The number of aromatic nitrogens is 3. The first kappa shape index (κ1) is 17.1. The van der Waals surface area contributed by atoms with Gasteiger partial charge in [0.15, 0.2) is 5.69 Å². The highest BCUT2D eigenvalue weighted by Gasteiger charge is 2.28. The molecule has 1 aromatic carbocycles. The molecule has 0 saturated heterocycles. The Morgan fingerprint density at radius 2 is 2.00 bits per heavy atom. The van der Waals surface area contributed by atoms with Gasteiger partial charge in [0, 0.05) is 6.54 Å². The molecule has 26 heavy (non-hydrogen) atoms. The standard InChI is InChI=1S/C19H23FN4O2/c20-15-8-6-14(7-9-15)17-11-24-16(12-26-17)18(22-23-24)19(25)21-10-13-4-2-1-3-5-13/h6-9,13,17H,1-5,10-12H2,(H,21,25)/t17-/m1/s1. The summed E-state index contributed by atoms with van der Waals surface area (Å²) >= 11 is 0. The van der Waals surface area contributed by atoms with E-state index in [1.54, 1.807) is 16.8 Å². The minimum absolute atomic E-state index is 0.180. The Balaban J connectivity index is 1.40. The zero-order valence-electron chi connectivity index (χ0n) is 14.7. The van der Waals surface area contributed by atoms with Gasteiger partial charge in [-0.2, -0.15) is 0 Å². The maximum Gasteiger partial charge on any atom is 0.273 e. The van der Waals surface area contributed by atoms with Crippen LogP contribution in [0, 0.1) is 11.7 Å². The Morgan fingerprint density at radius 1 is 1.23 bits per heavy atom. The normalized spacial score (nSPS) is 20.6. The lowest BCUT2D eigenvalue weighted by atomic mass is 9.89. The average molecular weight is 358 g/mol. The Bertz CT molecular complexity index is 768. The molecule has 2 aromatic rings. The van der Waals surface area contributed by atoms with Crippen LogP contribution in [0.2, 0.25) is 0 Å². The molecule has 1 aliphatic heterocycles. The molecule has 1 aliphatic carbocycles. The van der Waals surface area contributed by atoms with Gasteiger partial charge in [0.1, 0.15) is 11.9 Å². The molecule has 1 amide bonds. The summed E-state index contributed by atoms with van der Waals surface area (Å²) in [6, 6.07) is 6.25. The monoisotopic (exact) mass is 358 g/mol. The first-order valence-corrected chi connectivity index (χ1v) is 9.28. The number of carbonyl (C=O) groups is 1. The van der Waals surface area contributed by atoms with Crippen molar-refractivity contribution >= 4 is 5.91 Å².